The Morgan fingerprint density at radius 3 is 2.23 bits per heavy atom. The maximum Gasteiger partial charge on any atom is 0.349 e. The molecule has 1 fully saturated rings. The number of carbonyl (C=O) groups is 6. The molecular formula is C27H32N2O13S. The van der Waals surface area contributed by atoms with Crippen molar-refractivity contribution in [3.8, 4) is 0 Å². The lowest BCUT2D eigenvalue weighted by Crippen LogP contribution is -2.68. The van der Waals surface area contributed by atoms with Crippen molar-refractivity contribution in [3.63, 3.8) is 0 Å². The van der Waals surface area contributed by atoms with E-state index in [1.54, 1.807) is 24.3 Å². The van der Waals surface area contributed by atoms with Crippen molar-refractivity contribution in [2.45, 2.75) is 81.7 Å². The quantitative estimate of drug-likeness (QED) is 0.278. The Bertz CT molecular complexity index is 1340. The lowest BCUT2D eigenvalue weighted by Gasteiger charge is -2.48. The summed E-state index contributed by atoms with van der Waals surface area (Å²) in [5.74, 6) is -4.79. The van der Waals surface area contributed by atoms with Crippen LogP contribution >= 0.6 is 11.8 Å². The van der Waals surface area contributed by atoms with E-state index in [0.717, 1.165) is 34.8 Å². The Morgan fingerprint density at radius 2 is 1.67 bits per heavy atom. The van der Waals surface area contributed by atoms with Gasteiger partial charge in [0.25, 0.3) is 5.22 Å². The van der Waals surface area contributed by atoms with Gasteiger partial charge in [-0.2, -0.15) is 0 Å². The second-order valence-corrected chi connectivity index (χ2v) is 10.7. The molecule has 16 heteroatoms. The zero-order valence-corrected chi connectivity index (χ0v) is 25.1. The van der Waals surface area contributed by atoms with E-state index < -0.39 is 77.8 Å². The zero-order valence-electron chi connectivity index (χ0n) is 24.3. The topological polar surface area (TPSA) is 196 Å². The summed E-state index contributed by atoms with van der Waals surface area (Å²) in [5.41, 5.74) is 0.873. The van der Waals surface area contributed by atoms with Gasteiger partial charge < -0.3 is 38.2 Å². The molecule has 1 N–H and O–H groups in total. The first-order valence-electron chi connectivity index (χ1n) is 13.0. The molecule has 0 spiro atoms. The van der Waals surface area contributed by atoms with Crippen LogP contribution in [0, 0.1) is 0 Å². The summed E-state index contributed by atoms with van der Waals surface area (Å²) in [6, 6.07) is 5.53. The van der Waals surface area contributed by atoms with Crippen LogP contribution in [0.3, 0.4) is 0 Å². The number of thioether (sulfide) groups is 1. The zero-order chi connectivity index (χ0) is 31.9. The number of carbonyl (C=O) groups excluding carboxylic acids is 6. The van der Waals surface area contributed by atoms with Gasteiger partial charge in [0.05, 0.1) is 13.2 Å². The van der Waals surface area contributed by atoms with Crippen molar-refractivity contribution >= 4 is 58.6 Å². The Morgan fingerprint density at radius 1 is 1.00 bits per heavy atom. The Labute approximate surface area is 250 Å². The van der Waals surface area contributed by atoms with Gasteiger partial charge in [-0.15, -0.1) is 0 Å². The second-order valence-electron chi connectivity index (χ2n) is 9.48. The third-order valence-electron chi connectivity index (χ3n) is 6.02. The number of fused-ring (bicyclic) bond motifs is 1. The third kappa shape index (κ3) is 8.67. The molecule has 0 radical (unpaired) electrons. The Kier molecular flexibility index (Phi) is 11.1. The summed E-state index contributed by atoms with van der Waals surface area (Å²) in [7, 11) is 1.10. The number of hydrogen-bond donors (Lipinski definition) is 1. The van der Waals surface area contributed by atoms with E-state index in [0.29, 0.717) is 22.9 Å². The molecule has 0 saturated carbocycles. The number of benzene rings is 1. The number of amides is 1. The van der Waals surface area contributed by atoms with Gasteiger partial charge in [-0.05, 0) is 23.9 Å². The van der Waals surface area contributed by atoms with Gasteiger partial charge in [0.15, 0.2) is 17.8 Å². The first-order chi connectivity index (χ1) is 20.2. The highest BCUT2D eigenvalue weighted by Crippen LogP contribution is 2.46. The van der Waals surface area contributed by atoms with Gasteiger partial charge in [0.2, 0.25) is 10.8 Å². The van der Waals surface area contributed by atoms with Gasteiger partial charge in [0, 0.05) is 41.0 Å². The Hall–Kier alpha value is -4.18. The summed E-state index contributed by atoms with van der Waals surface area (Å²) < 4.78 is 38.7. The largest absolute Gasteiger partial charge is 0.466 e. The number of hydrogen-bond acceptors (Lipinski definition) is 15. The van der Waals surface area contributed by atoms with Crippen LogP contribution in [0.2, 0.25) is 0 Å². The predicted molar refractivity (Wildman–Crippen MR) is 145 cm³/mol. The summed E-state index contributed by atoms with van der Waals surface area (Å²) in [6.07, 6.45) is -6.36. The molecule has 3 rings (SSSR count). The van der Waals surface area contributed by atoms with Crippen LogP contribution in [0.4, 0.5) is 0 Å². The maximum atomic E-state index is 13.5. The van der Waals surface area contributed by atoms with E-state index in [1.165, 1.54) is 6.92 Å². The molecule has 2 aromatic rings. The predicted octanol–water partition coefficient (Wildman–Crippen LogP) is 1.44. The van der Waals surface area contributed by atoms with Crippen LogP contribution in [0.25, 0.3) is 11.1 Å². The lowest BCUT2D eigenvalue weighted by molar-refractivity contribution is -0.224. The first kappa shape index (κ1) is 33.3. The number of aromatic nitrogens is 1. The fourth-order valence-electron chi connectivity index (χ4n) is 4.54. The fraction of sp³-hybridized carbons (Fsp3) is 0.519. The SMILES string of the molecule is COC(=O)[C@@]1(Sc2nc3ccccc3o2)C[C@H](OC(C)=O)[C@@H](NC(C)=O)[C@H]([C@@H](OC(C)=O)[C@@H](COC(C)=O)OC(C)=O)O1. The van der Waals surface area contributed by atoms with Crippen molar-refractivity contribution < 1.29 is 61.6 Å². The maximum absolute atomic E-state index is 13.5. The molecule has 234 valence electrons. The average Bonchev–Trinajstić information content (AvgIpc) is 3.31. The molecule has 0 unspecified atom stereocenters. The van der Waals surface area contributed by atoms with Gasteiger partial charge >= 0.3 is 29.8 Å². The van der Waals surface area contributed by atoms with E-state index >= 15 is 0 Å². The van der Waals surface area contributed by atoms with Gasteiger partial charge in [0.1, 0.15) is 24.3 Å². The van der Waals surface area contributed by atoms with Crippen molar-refractivity contribution in [2.24, 2.45) is 0 Å². The molecule has 1 aromatic heterocycles. The summed E-state index contributed by atoms with van der Waals surface area (Å²) in [5, 5.41) is 2.59. The molecule has 43 heavy (non-hydrogen) atoms. The van der Waals surface area contributed by atoms with E-state index in [2.05, 4.69) is 10.3 Å². The van der Waals surface area contributed by atoms with E-state index in [-0.39, 0.29) is 11.6 Å². The van der Waals surface area contributed by atoms with Gasteiger partial charge in [-0.1, -0.05) is 12.1 Å². The number of para-hydroxylation sites is 2. The number of nitrogens with zero attached hydrogens (tertiary/aromatic N) is 1. The molecule has 1 saturated heterocycles. The smallest absolute Gasteiger partial charge is 0.349 e. The van der Waals surface area contributed by atoms with Crippen LogP contribution in [0.5, 0.6) is 0 Å². The third-order valence-corrected chi connectivity index (χ3v) is 7.13. The van der Waals surface area contributed by atoms with Crippen LogP contribution in [0.1, 0.15) is 41.0 Å². The highest BCUT2D eigenvalue weighted by Gasteiger charge is 2.59. The molecule has 2 heterocycles. The minimum atomic E-state index is -2.07. The summed E-state index contributed by atoms with van der Waals surface area (Å²) >= 11 is 0.694. The minimum absolute atomic E-state index is 0.0228. The molecule has 1 aliphatic heterocycles. The van der Waals surface area contributed by atoms with Crippen LogP contribution < -0.4 is 5.32 Å². The van der Waals surface area contributed by atoms with Gasteiger partial charge in [-0.25, -0.2) is 9.78 Å². The number of methoxy groups -OCH3 is 1. The molecular weight excluding hydrogens is 592 g/mol. The number of nitrogens with one attached hydrogen (secondary N) is 1. The normalized spacial score (nSPS) is 22.9. The number of oxazole rings is 1. The lowest BCUT2D eigenvalue weighted by atomic mass is 9.89. The second kappa shape index (κ2) is 14.3. The van der Waals surface area contributed by atoms with E-state index in [4.69, 9.17) is 32.8 Å². The molecule has 0 aliphatic carbocycles. The molecule has 0 bridgehead atoms. The van der Waals surface area contributed by atoms with Crippen molar-refractivity contribution in [3.05, 3.63) is 24.3 Å². The average molecular weight is 625 g/mol. The van der Waals surface area contributed by atoms with Crippen LogP contribution in [-0.4, -0.2) is 89.8 Å². The molecule has 1 aromatic carbocycles. The van der Waals surface area contributed by atoms with Gasteiger partial charge in [-0.3, -0.25) is 24.0 Å². The summed E-state index contributed by atoms with van der Waals surface area (Å²) in [6.45, 7) is 4.95. The number of esters is 5. The monoisotopic (exact) mass is 624 g/mol. The molecule has 6 atom stereocenters. The molecule has 1 amide bonds. The number of rotatable bonds is 11. The highest BCUT2D eigenvalue weighted by molar-refractivity contribution is 8.01. The minimum Gasteiger partial charge on any atom is -0.466 e. The summed E-state index contributed by atoms with van der Waals surface area (Å²) in [4.78, 5) is 76.4. The van der Waals surface area contributed by atoms with Crippen LogP contribution in [-0.2, 0) is 57.2 Å². The van der Waals surface area contributed by atoms with E-state index in [1.807, 2.05) is 0 Å². The van der Waals surface area contributed by atoms with Crippen molar-refractivity contribution in [1.82, 2.24) is 10.3 Å². The van der Waals surface area contributed by atoms with E-state index in [9.17, 15) is 28.8 Å². The standard InChI is InChI=1S/C27H32N2O13S/c1-13(30)28-22-20(38-15(3)32)11-27(25(35)36-6,43-26-29-18-9-7-8-10-19(18)41-26)42-24(22)23(40-17(5)34)21(39-16(4)33)12-37-14(2)31/h7-10,20-24H,11-12H2,1-6H3,(H,28,30)/t20-,21+,22+,23-,24+,27-/m0/s1. The first-order valence-corrected chi connectivity index (χ1v) is 13.8. The number of ether oxygens (including phenoxy) is 6. The highest BCUT2D eigenvalue weighted by atomic mass is 32.2. The Balaban J connectivity index is 2.21. The van der Waals surface area contributed by atoms with Crippen molar-refractivity contribution in [1.29, 1.82) is 0 Å². The molecule has 1 aliphatic rings. The van der Waals surface area contributed by atoms with Crippen LogP contribution in [0.15, 0.2) is 33.9 Å². The van der Waals surface area contributed by atoms with Crippen molar-refractivity contribution in [2.75, 3.05) is 13.7 Å². The fourth-order valence-corrected chi connectivity index (χ4v) is 5.67. The molecule has 15 nitrogen and oxygen atoms in total.